The van der Waals surface area contributed by atoms with Crippen molar-refractivity contribution in [3.8, 4) is 0 Å². The number of amides is 1. The average Bonchev–Trinajstić information content (AvgIpc) is 3.16. The predicted molar refractivity (Wildman–Crippen MR) is 78.5 cm³/mol. The fourth-order valence-corrected chi connectivity index (χ4v) is 2.74. The molecule has 4 nitrogen and oxygen atoms in total. The molecule has 0 spiro atoms. The molecule has 3 rings (SSSR count). The van der Waals surface area contributed by atoms with E-state index in [0.29, 0.717) is 12.5 Å². The molecule has 0 N–H and O–H groups in total. The van der Waals surface area contributed by atoms with Crippen molar-refractivity contribution in [2.24, 2.45) is 13.0 Å². The summed E-state index contributed by atoms with van der Waals surface area (Å²) < 4.78 is 1.80. The van der Waals surface area contributed by atoms with Crippen LogP contribution in [0.5, 0.6) is 0 Å². The second-order valence-corrected chi connectivity index (χ2v) is 5.31. The number of carbonyl (C=O) groups excluding carboxylic acids is 1. The predicted octanol–water partition coefficient (Wildman–Crippen LogP) is 2.58. The lowest BCUT2D eigenvalue weighted by Gasteiger charge is -2.21. The van der Waals surface area contributed by atoms with Crippen LogP contribution in [0, 0.1) is 5.92 Å². The Hall–Kier alpha value is -2.10. The standard InChI is InChI=1S/C16H19N3O/c1-3-19(13-7-5-4-6-8-13)16(20)15-9-14(15)12-10-17-18(2)11-12/h4-8,10-11,14-15H,3,9H2,1-2H3/t14-,15+/m1/s1. The molecular weight excluding hydrogens is 250 g/mol. The van der Waals surface area contributed by atoms with Gasteiger partial charge in [-0.15, -0.1) is 0 Å². The van der Waals surface area contributed by atoms with Crippen LogP contribution >= 0.6 is 0 Å². The van der Waals surface area contributed by atoms with E-state index in [9.17, 15) is 4.79 Å². The van der Waals surface area contributed by atoms with Gasteiger partial charge in [-0.3, -0.25) is 9.48 Å². The molecule has 1 aliphatic carbocycles. The average molecular weight is 269 g/mol. The van der Waals surface area contributed by atoms with Gasteiger partial charge in [-0.05, 0) is 37.0 Å². The normalized spacial score (nSPS) is 20.7. The van der Waals surface area contributed by atoms with Crippen molar-refractivity contribution >= 4 is 11.6 Å². The summed E-state index contributed by atoms with van der Waals surface area (Å²) in [6.45, 7) is 2.73. The Morgan fingerprint density at radius 1 is 1.40 bits per heavy atom. The van der Waals surface area contributed by atoms with Gasteiger partial charge in [0.25, 0.3) is 0 Å². The summed E-state index contributed by atoms with van der Waals surface area (Å²) in [6, 6.07) is 9.89. The van der Waals surface area contributed by atoms with E-state index in [-0.39, 0.29) is 11.8 Å². The third-order valence-corrected chi connectivity index (χ3v) is 3.91. The van der Waals surface area contributed by atoms with E-state index in [1.54, 1.807) is 4.68 Å². The molecule has 1 amide bonds. The molecule has 1 saturated carbocycles. The van der Waals surface area contributed by atoms with Gasteiger partial charge in [0.1, 0.15) is 0 Å². The molecule has 0 radical (unpaired) electrons. The van der Waals surface area contributed by atoms with Crippen LogP contribution in [-0.4, -0.2) is 22.2 Å². The molecule has 1 fully saturated rings. The van der Waals surface area contributed by atoms with Crippen LogP contribution in [0.2, 0.25) is 0 Å². The smallest absolute Gasteiger partial charge is 0.230 e. The Kier molecular flexibility index (Phi) is 3.30. The monoisotopic (exact) mass is 269 g/mol. The molecule has 1 aromatic carbocycles. The minimum absolute atomic E-state index is 0.111. The molecule has 0 bridgehead atoms. The minimum atomic E-state index is 0.111. The van der Waals surface area contributed by atoms with Crippen molar-refractivity contribution in [2.45, 2.75) is 19.3 Å². The van der Waals surface area contributed by atoms with Gasteiger partial charge in [-0.1, -0.05) is 18.2 Å². The summed E-state index contributed by atoms with van der Waals surface area (Å²) in [5.74, 6) is 0.681. The number of rotatable bonds is 4. The molecule has 2 aromatic rings. The third-order valence-electron chi connectivity index (χ3n) is 3.91. The molecule has 0 unspecified atom stereocenters. The number of anilines is 1. The first-order valence-corrected chi connectivity index (χ1v) is 7.05. The molecule has 1 aliphatic rings. The van der Waals surface area contributed by atoms with Gasteiger partial charge in [-0.2, -0.15) is 5.10 Å². The van der Waals surface area contributed by atoms with E-state index >= 15 is 0 Å². The van der Waals surface area contributed by atoms with Gasteiger partial charge < -0.3 is 4.90 Å². The second-order valence-electron chi connectivity index (χ2n) is 5.31. The summed E-state index contributed by atoms with van der Waals surface area (Å²) in [7, 11) is 1.91. The van der Waals surface area contributed by atoms with E-state index in [1.165, 1.54) is 5.56 Å². The number of hydrogen-bond donors (Lipinski definition) is 0. The van der Waals surface area contributed by atoms with Crippen molar-refractivity contribution in [2.75, 3.05) is 11.4 Å². The summed E-state index contributed by atoms with van der Waals surface area (Å²) >= 11 is 0. The van der Waals surface area contributed by atoms with Crippen molar-refractivity contribution in [3.05, 3.63) is 48.3 Å². The summed E-state index contributed by atoms with van der Waals surface area (Å²) in [5.41, 5.74) is 2.16. The van der Waals surface area contributed by atoms with Gasteiger partial charge >= 0.3 is 0 Å². The number of aromatic nitrogens is 2. The van der Waals surface area contributed by atoms with Gasteiger partial charge in [0.2, 0.25) is 5.91 Å². The fourth-order valence-electron chi connectivity index (χ4n) is 2.74. The van der Waals surface area contributed by atoms with Crippen molar-refractivity contribution in [3.63, 3.8) is 0 Å². The van der Waals surface area contributed by atoms with E-state index in [2.05, 4.69) is 5.10 Å². The SMILES string of the molecule is CCN(C(=O)[C@H]1C[C@@H]1c1cnn(C)c1)c1ccccc1. The molecule has 1 aromatic heterocycles. The first-order chi connectivity index (χ1) is 9.70. The van der Waals surface area contributed by atoms with Crippen LogP contribution in [-0.2, 0) is 11.8 Å². The number of para-hydroxylation sites is 1. The Morgan fingerprint density at radius 2 is 2.15 bits per heavy atom. The van der Waals surface area contributed by atoms with Crippen LogP contribution < -0.4 is 4.90 Å². The van der Waals surface area contributed by atoms with E-state index in [1.807, 2.05) is 61.6 Å². The van der Waals surface area contributed by atoms with Crippen LogP contribution in [0.4, 0.5) is 5.69 Å². The van der Waals surface area contributed by atoms with Crippen molar-refractivity contribution in [1.82, 2.24) is 9.78 Å². The zero-order chi connectivity index (χ0) is 14.1. The summed E-state index contributed by atoms with van der Waals surface area (Å²) in [4.78, 5) is 14.5. The molecule has 0 saturated heterocycles. The number of hydrogen-bond acceptors (Lipinski definition) is 2. The van der Waals surface area contributed by atoms with Crippen LogP contribution in [0.1, 0.15) is 24.8 Å². The topological polar surface area (TPSA) is 38.1 Å². The summed E-state index contributed by atoms with van der Waals surface area (Å²) in [6.07, 6.45) is 4.82. The molecule has 20 heavy (non-hydrogen) atoms. The Balaban J connectivity index is 1.73. The zero-order valence-corrected chi connectivity index (χ0v) is 11.9. The van der Waals surface area contributed by atoms with Crippen molar-refractivity contribution < 1.29 is 4.79 Å². The zero-order valence-electron chi connectivity index (χ0n) is 11.9. The highest BCUT2D eigenvalue weighted by atomic mass is 16.2. The van der Waals surface area contributed by atoms with Gasteiger partial charge in [0.15, 0.2) is 0 Å². The lowest BCUT2D eigenvalue weighted by molar-refractivity contribution is -0.119. The van der Waals surface area contributed by atoms with Crippen LogP contribution in [0.25, 0.3) is 0 Å². The van der Waals surface area contributed by atoms with Crippen LogP contribution in [0.3, 0.4) is 0 Å². The van der Waals surface area contributed by atoms with Gasteiger partial charge in [-0.25, -0.2) is 0 Å². The molecule has 104 valence electrons. The second kappa shape index (κ2) is 5.12. The Morgan fingerprint density at radius 3 is 2.75 bits per heavy atom. The lowest BCUT2D eigenvalue weighted by atomic mass is 10.1. The maximum atomic E-state index is 12.6. The highest BCUT2D eigenvalue weighted by molar-refractivity contribution is 5.97. The number of aryl methyl sites for hydroxylation is 1. The quantitative estimate of drug-likeness (QED) is 0.855. The first-order valence-electron chi connectivity index (χ1n) is 7.05. The molecule has 0 aliphatic heterocycles. The fraction of sp³-hybridized carbons (Fsp3) is 0.375. The van der Waals surface area contributed by atoms with Crippen LogP contribution in [0.15, 0.2) is 42.7 Å². The highest BCUT2D eigenvalue weighted by Gasteiger charge is 2.46. The maximum absolute atomic E-state index is 12.6. The molecular formula is C16H19N3O. The lowest BCUT2D eigenvalue weighted by Crippen LogP contribution is -2.32. The molecule has 2 atom stereocenters. The van der Waals surface area contributed by atoms with E-state index < -0.39 is 0 Å². The first kappa shape index (κ1) is 12.9. The molecule has 4 heteroatoms. The van der Waals surface area contributed by atoms with E-state index in [0.717, 1.165) is 12.1 Å². The highest BCUT2D eigenvalue weighted by Crippen LogP contribution is 2.48. The molecule has 1 heterocycles. The Bertz CT molecular complexity index is 605. The number of carbonyl (C=O) groups is 1. The number of benzene rings is 1. The van der Waals surface area contributed by atoms with Crippen molar-refractivity contribution in [1.29, 1.82) is 0 Å². The largest absolute Gasteiger partial charge is 0.312 e. The number of nitrogens with zero attached hydrogens (tertiary/aromatic N) is 3. The minimum Gasteiger partial charge on any atom is -0.312 e. The van der Waals surface area contributed by atoms with Gasteiger partial charge in [0.05, 0.1) is 6.20 Å². The van der Waals surface area contributed by atoms with Gasteiger partial charge in [0, 0.05) is 31.4 Å². The summed E-state index contributed by atoms with van der Waals surface area (Å²) in [5, 5.41) is 4.19. The third kappa shape index (κ3) is 2.33. The van der Waals surface area contributed by atoms with E-state index in [4.69, 9.17) is 0 Å². The maximum Gasteiger partial charge on any atom is 0.230 e. The Labute approximate surface area is 119 Å².